The zero-order valence-electron chi connectivity index (χ0n) is 14.8. The van der Waals surface area contributed by atoms with Gasteiger partial charge in [0.1, 0.15) is 0 Å². The van der Waals surface area contributed by atoms with Crippen LogP contribution in [0.5, 0.6) is 0 Å². The molecule has 6 heteroatoms. The SMILES string of the molecule is CC[C@H](C)c1ccc([C@H](NCC(=O)NNC(C)=O)c2cccs2)cc1. The van der Waals surface area contributed by atoms with Crippen molar-refractivity contribution in [1.29, 1.82) is 0 Å². The fourth-order valence-corrected chi connectivity index (χ4v) is 3.31. The summed E-state index contributed by atoms with van der Waals surface area (Å²) in [5, 5.41) is 5.29. The molecule has 0 unspecified atom stereocenters. The second-order valence-electron chi connectivity index (χ2n) is 6.03. The van der Waals surface area contributed by atoms with Gasteiger partial charge in [0, 0.05) is 11.8 Å². The number of benzene rings is 1. The first-order valence-electron chi connectivity index (χ1n) is 8.43. The number of hydrazine groups is 1. The molecule has 0 spiro atoms. The largest absolute Gasteiger partial charge is 0.297 e. The van der Waals surface area contributed by atoms with E-state index in [2.05, 4.69) is 60.3 Å². The standard InChI is InChI=1S/C19H25N3O2S/c1-4-13(2)15-7-9-16(10-8-15)19(17-6-5-11-25-17)20-12-18(24)22-21-14(3)23/h5-11,13,19-20H,4,12H2,1-3H3,(H,21,23)(H,22,24)/t13-,19-/m0/s1. The van der Waals surface area contributed by atoms with Crippen LogP contribution in [0.4, 0.5) is 0 Å². The number of thiophene rings is 1. The summed E-state index contributed by atoms with van der Waals surface area (Å²) >= 11 is 1.65. The third-order valence-corrected chi connectivity index (χ3v) is 5.06. The van der Waals surface area contributed by atoms with Gasteiger partial charge in [0.25, 0.3) is 5.91 Å². The maximum atomic E-state index is 11.9. The molecular weight excluding hydrogens is 334 g/mol. The van der Waals surface area contributed by atoms with Crippen molar-refractivity contribution in [3.8, 4) is 0 Å². The monoisotopic (exact) mass is 359 g/mol. The van der Waals surface area contributed by atoms with Gasteiger partial charge in [-0.05, 0) is 34.9 Å². The highest BCUT2D eigenvalue weighted by molar-refractivity contribution is 7.10. The molecule has 2 aromatic rings. The van der Waals surface area contributed by atoms with Gasteiger partial charge in [-0.1, -0.05) is 44.2 Å². The Bertz CT molecular complexity index is 683. The summed E-state index contributed by atoms with van der Waals surface area (Å²) in [7, 11) is 0. The van der Waals surface area contributed by atoms with Gasteiger partial charge < -0.3 is 0 Å². The number of hydrogen-bond acceptors (Lipinski definition) is 4. The van der Waals surface area contributed by atoms with Crippen LogP contribution in [0.15, 0.2) is 41.8 Å². The minimum atomic E-state index is -0.302. The molecule has 0 saturated carbocycles. The molecule has 2 rings (SSSR count). The zero-order valence-corrected chi connectivity index (χ0v) is 15.7. The number of carbonyl (C=O) groups is 2. The lowest BCUT2D eigenvalue weighted by molar-refractivity contribution is -0.127. The summed E-state index contributed by atoms with van der Waals surface area (Å²) in [6.07, 6.45) is 1.11. The fraction of sp³-hybridized carbons (Fsp3) is 0.368. The Morgan fingerprint density at radius 1 is 1.08 bits per heavy atom. The molecule has 2 atom stereocenters. The van der Waals surface area contributed by atoms with Gasteiger partial charge in [-0.15, -0.1) is 11.3 Å². The van der Waals surface area contributed by atoms with Crippen molar-refractivity contribution in [3.63, 3.8) is 0 Å². The zero-order chi connectivity index (χ0) is 18.2. The van der Waals surface area contributed by atoms with E-state index in [4.69, 9.17) is 0 Å². The van der Waals surface area contributed by atoms with Crippen molar-refractivity contribution in [1.82, 2.24) is 16.2 Å². The van der Waals surface area contributed by atoms with E-state index in [1.54, 1.807) is 11.3 Å². The highest BCUT2D eigenvalue weighted by atomic mass is 32.1. The molecule has 1 aromatic carbocycles. The van der Waals surface area contributed by atoms with E-state index < -0.39 is 0 Å². The van der Waals surface area contributed by atoms with Gasteiger partial charge in [-0.2, -0.15) is 0 Å². The number of rotatable bonds is 7. The van der Waals surface area contributed by atoms with Gasteiger partial charge in [0.05, 0.1) is 12.6 Å². The molecule has 3 N–H and O–H groups in total. The first-order valence-corrected chi connectivity index (χ1v) is 9.31. The summed E-state index contributed by atoms with van der Waals surface area (Å²) < 4.78 is 0. The molecule has 25 heavy (non-hydrogen) atoms. The van der Waals surface area contributed by atoms with E-state index in [1.165, 1.54) is 12.5 Å². The predicted molar refractivity (Wildman–Crippen MR) is 101 cm³/mol. The van der Waals surface area contributed by atoms with Crippen LogP contribution in [-0.4, -0.2) is 18.4 Å². The second-order valence-corrected chi connectivity index (χ2v) is 7.01. The minimum Gasteiger partial charge on any atom is -0.297 e. The average Bonchev–Trinajstić information content (AvgIpc) is 3.14. The lowest BCUT2D eigenvalue weighted by atomic mass is 9.95. The molecule has 0 aliphatic rings. The Morgan fingerprint density at radius 2 is 1.76 bits per heavy atom. The summed E-state index contributed by atoms with van der Waals surface area (Å²) in [4.78, 5) is 23.9. The van der Waals surface area contributed by atoms with Gasteiger partial charge in [0.2, 0.25) is 5.91 Å². The molecule has 1 aromatic heterocycles. The molecule has 1 heterocycles. The number of hydrogen-bond donors (Lipinski definition) is 3. The maximum absolute atomic E-state index is 11.9. The molecule has 0 saturated heterocycles. The number of carbonyl (C=O) groups excluding carboxylic acids is 2. The molecule has 0 aliphatic carbocycles. The van der Waals surface area contributed by atoms with Crippen molar-refractivity contribution in [2.75, 3.05) is 6.54 Å². The van der Waals surface area contributed by atoms with E-state index in [1.807, 2.05) is 11.4 Å². The van der Waals surface area contributed by atoms with Crippen LogP contribution in [0, 0.1) is 0 Å². The van der Waals surface area contributed by atoms with Crippen molar-refractivity contribution in [2.45, 2.75) is 39.2 Å². The Balaban J connectivity index is 2.09. The predicted octanol–water partition coefficient (Wildman–Crippen LogP) is 3.11. The topological polar surface area (TPSA) is 70.2 Å². The third-order valence-electron chi connectivity index (χ3n) is 4.12. The van der Waals surface area contributed by atoms with Crippen molar-refractivity contribution >= 4 is 23.2 Å². The molecular formula is C19H25N3O2S. The summed E-state index contributed by atoms with van der Waals surface area (Å²) in [5.41, 5.74) is 7.09. The highest BCUT2D eigenvalue weighted by Crippen LogP contribution is 2.27. The van der Waals surface area contributed by atoms with Gasteiger partial charge in [-0.25, -0.2) is 0 Å². The van der Waals surface area contributed by atoms with Crippen LogP contribution in [0.3, 0.4) is 0 Å². The van der Waals surface area contributed by atoms with Gasteiger partial charge in [0.15, 0.2) is 0 Å². The van der Waals surface area contributed by atoms with Crippen LogP contribution in [-0.2, 0) is 9.59 Å². The first-order chi connectivity index (χ1) is 12.0. The van der Waals surface area contributed by atoms with Crippen molar-refractivity contribution in [2.24, 2.45) is 0 Å². The van der Waals surface area contributed by atoms with Crippen LogP contribution >= 0.6 is 11.3 Å². The Labute approximate surface area is 152 Å². The van der Waals surface area contributed by atoms with Crippen LogP contribution in [0.1, 0.15) is 55.2 Å². The number of nitrogens with one attached hydrogen (secondary N) is 3. The Morgan fingerprint density at radius 3 is 2.32 bits per heavy atom. The molecule has 2 amide bonds. The summed E-state index contributed by atoms with van der Waals surface area (Å²) in [6, 6.07) is 12.5. The van der Waals surface area contributed by atoms with E-state index in [9.17, 15) is 9.59 Å². The second kappa shape index (κ2) is 9.34. The Hall–Kier alpha value is -2.18. The van der Waals surface area contributed by atoms with E-state index in [-0.39, 0.29) is 24.4 Å². The molecule has 0 radical (unpaired) electrons. The molecule has 0 bridgehead atoms. The lowest BCUT2D eigenvalue weighted by Crippen LogP contribution is -2.45. The molecule has 0 fully saturated rings. The summed E-state index contributed by atoms with van der Waals surface area (Å²) in [5.74, 6) is -0.0533. The van der Waals surface area contributed by atoms with E-state index >= 15 is 0 Å². The molecule has 5 nitrogen and oxygen atoms in total. The fourth-order valence-electron chi connectivity index (χ4n) is 2.49. The Kier molecular flexibility index (Phi) is 7.16. The van der Waals surface area contributed by atoms with E-state index in [0.717, 1.165) is 16.9 Å². The average molecular weight is 359 g/mol. The quantitative estimate of drug-likeness (QED) is 0.665. The van der Waals surface area contributed by atoms with Crippen molar-refractivity contribution < 1.29 is 9.59 Å². The van der Waals surface area contributed by atoms with Crippen molar-refractivity contribution in [3.05, 3.63) is 57.8 Å². The van der Waals surface area contributed by atoms with Crippen LogP contribution in [0.2, 0.25) is 0 Å². The first kappa shape index (κ1) is 19.1. The van der Waals surface area contributed by atoms with Crippen LogP contribution in [0.25, 0.3) is 0 Å². The maximum Gasteiger partial charge on any atom is 0.252 e. The smallest absolute Gasteiger partial charge is 0.252 e. The molecule has 134 valence electrons. The van der Waals surface area contributed by atoms with Gasteiger partial charge >= 0.3 is 0 Å². The molecule has 0 aliphatic heterocycles. The highest BCUT2D eigenvalue weighted by Gasteiger charge is 2.16. The summed E-state index contributed by atoms with van der Waals surface area (Å²) in [6.45, 7) is 5.86. The lowest BCUT2D eigenvalue weighted by Gasteiger charge is -2.19. The van der Waals surface area contributed by atoms with Crippen LogP contribution < -0.4 is 16.2 Å². The normalized spacial score (nSPS) is 13.1. The van der Waals surface area contributed by atoms with E-state index in [0.29, 0.717) is 5.92 Å². The third kappa shape index (κ3) is 5.69. The minimum absolute atomic E-state index is 0.0611. The van der Waals surface area contributed by atoms with Gasteiger partial charge in [-0.3, -0.25) is 25.8 Å². The number of amides is 2.